The maximum atomic E-state index is 4.12. The molecule has 0 aliphatic heterocycles. The second-order valence-corrected chi connectivity index (χ2v) is 0.642. The molecule has 0 atom stereocenters. The van der Waals surface area contributed by atoms with Crippen LogP contribution in [0.1, 0.15) is 0 Å². The summed E-state index contributed by atoms with van der Waals surface area (Å²) in [7, 11) is 0. The zero-order valence-electron chi connectivity index (χ0n) is 1.86. The molecular formula is C2HS2. The van der Waals surface area contributed by atoms with E-state index in [1.54, 1.807) is 0 Å². The SMILES string of the molecule is [S]C#CS. The third kappa shape index (κ3) is 2.13. The van der Waals surface area contributed by atoms with Gasteiger partial charge in [-0.1, -0.05) is 12.6 Å². The Morgan fingerprint density at radius 3 is 2.00 bits per heavy atom. The lowest BCUT2D eigenvalue weighted by Crippen LogP contribution is -1.14. The molecular weight excluding hydrogens is 88.2 g/mol. The van der Waals surface area contributed by atoms with E-state index in [0.717, 1.165) is 0 Å². The molecule has 21 valence electrons. The Morgan fingerprint density at radius 1 is 1.75 bits per heavy atom. The van der Waals surface area contributed by atoms with Crippen LogP contribution < -0.4 is 0 Å². The first-order valence-corrected chi connectivity index (χ1v) is 1.53. The summed E-state index contributed by atoms with van der Waals surface area (Å²) >= 11 is 7.57. The Morgan fingerprint density at radius 2 is 2.00 bits per heavy atom. The summed E-state index contributed by atoms with van der Waals surface area (Å²) in [5.74, 6) is 0. The molecule has 0 rings (SSSR count). The van der Waals surface area contributed by atoms with Crippen molar-refractivity contribution in [2.45, 2.75) is 0 Å². The fraction of sp³-hybridized carbons (Fsp3) is 0. The number of hydrogen-bond donors (Lipinski definition) is 1. The van der Waals surface area contributed by atoms with Crippen LogP contribution in [0.2, 0.25) is 0 Å². The molecule has 0 aromatic heterocycles. The molecule has 0 heterocycles. The maximum absolute atomic E-state index is 4.12. The van der Waals surface area contributed by atoms with Crippen LogP contribution >= 0.6 is 25.3 Å². The smallest absolute Gasteiger partial charge is 0.0124 e. The van der Waals surface area contributed by atoms with Gasteiger partial charge in [0.05, 0.1) is 0 Å². The van der Waals surface area contributed by atoms with Crippen molar-refractivity contribution in [2.24, 2.45) is 0 Å². The molecule has 0 bridgehead atoms. The third-order valence-electron chi connectivity index (χ3n) is 0.0456. The average molecular weight is 89.2 g/mol. The van der Waals surface area contributed by atoms with Crippen molar-refractivity contribution >= 4 is 25.3 Å². The molecule has 4 heavy (non-hydrogen) atoms. The fourth-order valence-electron chi connectivity index (χ4n) is 0. The van der Waals surface area contributed by atoms with Crippen molar-refractivity contribution in [3.8, 4) is 10.5 Å². The van der Waals surface area contributed by atoms with Gasteiger partial charge < -0.3 is 0 Å². The number of hydrogen-bond acceptors (Lipinski definition) is 1. The highest BCUT2D eigenvalue weighted by molar-refractivity contribution is 7.89. The van der Waals surface area contributed by atoms with E-state index in [1.807, 2.05) is 0 Å². The van der Waals surface area contributed by atoms with Gasteiger partial charge in [-0.2, -0.15) is 0 Å². The predicted octanol–water partition coefficient (Wildman–Crippen LogP) is 1.03. The van der Waals surface area contributed by atoms with Crippen molar-refractivity contribution in [1.82, 2.24) is 0 Å². The first kappa shape index (κ1) is 4.13. The monoisotopic (exact) mass is 89.0 g/mol. The Bertz CT molecular complexity index is 40.8. The fourth-order valence-corrected chi connectivity index (χ4v) is 0. The minimum atomic E-state index is 2.13. The lowest BCUT2D eigenvalue weighted by Gasteiger charge is -1.35. The van der Waals surface area contributed by atoms with Crippen molar-refractivity contribution < 1.29 is 0 Å². The second-order valence-electron chi connectivity index (χ2n) is 0.214. The number of rotatable bonds is 0. The third-order valence-corrected chi connectivity index (χ3v) is 0.411. The van der Waals surface area contributed by atoms with Gasteiger partial charge in [0.25, 0.3) is 0 Å². The van der Waals surface area contributed by atoms with Crippen LogP contribution in [0.3, 0.4) is 0 Å². The van der Waals surface area contributed by atoms with Crippen LogP contribution in [-0.2, 0) is 0 Å². The molecule has 0 fully saturated rings. The van der Waals surface area contributed by atoms with E-state index in [0.29, 0.717) is 0 Å². The summed E-state index contributed by atoms with van der Waals surface area (Å²) in [4.78, 5) is 0. The largest absolute Gasteiger partial charge is 0.0910 e. The Labute approximate surface area is 36.4 Å². The van der Waals surface area contributed by atoms with E-state index in [-0.39, 0.29) is 0 Å². The highest BCUT2D eigenvalue weighted by Crippen LogP contribution is 1.62. The summed E-state index contributed by atoms with van der Waals surface area (Å²) in [5, 5.41) is 4.32. The van der Waals surface area contributed by atoms with Crippen LogP contribution in [0.4, 0.5) is 0 Å². The van der Waals surface area contributed by atoms with Gasteiger partial charge in [0.15, 0.2) is 0 Å². The molecule has 0 spiro atoms. The van der Waals surface area contributed by atoms with Crippen LogP contribution in [0.5, 0.6) is 0 Å². The molecule has 1 radical (unpaired) electrons. The van der Waals surface area contributed by atoms with Gasteiger partial charge in [-0.15, -0.1) is 0 Å². The topological polar surface area (TPSA) is 0 Å². The summed E-state index contributed by atoms with van der Waals surface area (Å²) in [5.41, 5.74) is 0. The van der Waals surface area contributed by atoms with Crippen LogP contribution in [0, 0.1) is 10.5 Å². The summed E-state index contributed by atoms with van der Waals surface area (Å²) in [6.07, 6.45) is 0. The lowest BCUT2D eigenvalue weighted by molar-refractivity contribution is 3.09. The first-order valence-electron chi connectivity index (χ1n) is 0.678. The zero-order chi connectivity index (χ0) is 3.41. The average Bonchev–Trinajstić information content (AvgIpc) is 1.37. The highest BCUT2D eigenvalue weighted by atomic mass is 32.1. The van der Waals surface area contributed by atoms with Crippen molar-refractivity contribution in [3.63, 3.8) is 0 Å². The molecule has 0 saturated carbocycles. The number of thiol groups is 1. The van der Waals surface area contributed by atoms with E-state index in [2.05, 4.69) is 35.8 Å². The molecule has 2 heteroatoms. The van der Waals surface area contributed by atoms with Gasteiger partial charge in [0.2, 0.25) is 0 Å². The van der Waals surface area contributed by atoms with E-state index in [1.165, 1.54) is 0 Å². The molecule has 0 N–H and O–H groups in total. The predicted molar refractivity (Wildman–Crippen MR) is 24.4 cm³/mol. The molecule has 0 aliphatic rings. The quantitative estimate of drug-likeness (QED) is 0.332. The van der Waals surface area contributed by atoms with Crippen LogP contribution in [0.25, 0.3) is 0 Å². The Kier molecular flexibility index (Phi) is 3.23. The molecule has 0 aromatic carbocycles. The minimum Gasteiger partial charge on any atom is -0.0910 e. The van der Waals surface area contributed by atoms with Gasteiger partial charge >= 0.3 is 0 Å². The molecule has 0 aromatic rings. The van der Waals surface area contributed by atoms with E-state index in [9.17, 15) is 0 Å². The Balaban J connectivity index is 2.83. The summed E-state index contributed by atoms with van der Waals surface area (Å²) < 4.78 is 0. The van der Waals surface area contributed by atoms with E-state index in [4.69, 9.17) is 0 Å². The second kappa shape index (κ2) is 3.13. The van der Waals surface area contributed by atoms with Crippen molar-refractivity contribution in [3.05, 3.63) is 0 Å². The normalized spacial score (nSPS) is 3.25. The lowest BCUT2D eigenvalue weighted by atomic mass is 11.4. The Hall–Kier alpha value is 0.130. The zero-order valence-corrected chi connectivity index (χ0v) is 3.57. The molecule has 0 unspecified atom stereocenters. The summed E-state index contributed by atoms with van der Waals surface area (Å²) in [6, 6.07) is 0. The molecule has 0 nitrogen and oxygen atoms in total. The van der Waals surface area contributed by atoms with Crippen molar-refractivity contribution in [2.75, 3.05) is 0 Å². The molecule has 0 aliphatic carbocycles. The van der Waals surface area contributed by atoms with Crippen LogP contribution in [-0.4, -0.2) is 0 Å². The van der Waals surface area contributed by atoms with Gasteiger partial charge in [-0.25, -0.2) is 0 Å². The molecule has 0 saturated heterocycles. The van der Waals surface area contributed by atoms with Gasteiger partial charge in [-0.3, -0.25) is 0 Å². The molecule has 0 amide bonds. The summed E-state index contributed by atoms with van der Waals surface area (Å²) in [6.45, 7) is 0. The van der Waals surface area contributed by atoms with E-state index < -0.39 is 0 Å². The van der Waals surface area contributed by atoms with Gasteiger partial charge in [-0.05, 0) is 17.9 Å². The maximum Gasteiger partial charge on any atom is 0.0124 e. The highest BCUT2D eigenvalue weighted by Gasteiger charge is 1.31. The van der Waals surface area contributed by atoms with Crippen molar-refractivity contribution in [1.29, 1.82) is 0 Å². The van der Waals surface area contributed by atoms with E-state index >= 15 is 0 Å². The van der Waals surface area contributed by atoms with Gasteiger partial charge in [0.1, 0.15) is 0 Å². The standard InChI is InChI=1S/C2HS2/c3-1-2-4/h3H. The minimum absolute atomic E-state index is 2.13. The first-order chi connectivity index (χ1) is 1.91. The van der Waals surface area contributed by atoms with Crippen LogP contribution in [0.15, 0.2) is 0 Å². The van der Waals surface area contributed by atoms with Gasteiger partial charge in [0, 0.05) is 5.25 Å².